The Bertz CT molecular complexity index is 826. The Hall–Kier alpha value is -1.58. The molecule has 0 aliphatic carbocycles. The van der Waals surface area contributed by atoms with Gasteiger partial charge in [0.05, 0.1) is 10.8 Å². The van der Waals surface area contributed by atoms with E-state index in [1.807, 2.05) is 11.2 Å². The molecule has 2 atom stereocenters. The molecule has 2 aliphatic rings. The highest BCUT2D eigenvalue weighted by Gasteiger charge is 2.35. The highest BCUT2D eigenvalue weighted by Crippen LogP contribution is 2.24. The zero-order chi connectivity index (χ0) is 21.6. The standard InChI is InChI=1S/C21H31N3O4S2/c1-29-15-11-19(21(26)23-12-5-6-13-23)22-20(25)17-8-7-14-24(16-17)30(27,28)18-9-3-2-4-10-18/h2-4,9-10,17,19H,5-8,11-16H2,1H3,(H,22,25)/t17-,19+/m0/s1. The monoisotopic (exact) mass is 453 g/mol. The van der Waals surface area contributed by atoms with Crippen molar-refractivity contribution in [3.05, 3.63) is 30.3 Å². The molecule has 166 valence electrons. The molecule has 1 aromatic rings. The van der Waals surface area contributed by atoms with Crippen LogP contribution in [0.2, 0.25) is 0 Å². The van der Waals surface area contributed by atoms with Crippen molar-refractivity contribution in [2.45, 2.75) is 43.0 Å². The van der Waals surface area contributed by atoms with E-state index in [4.69, 9.17) is 0 Å². The van der Waals surface area contributed by atoms with Crippen molar-refractivity contribution < 1.29 is 18.0 Å². The molecule has 0 bridgehead atoms. The highest BCUT2D eigenvalue weighted by atomic mass is 32.2. The molecular formula is C21H31N3O4S2. The van der Waals surface area contributed by atoms with Crippen molar-refractivity contribution >= 4 is 33.6 Å². The average molecular weight is 454 g/mol. The third kappa shape index (κ3) is 5.56. The first-order chi connectivity index (χ1) is 14.4. The lowest BCUT2D eigenvalue weighted by atomic mass is 9.98. The van der Waals surface area contributed by atoms with Gasteiger partial charge in [0.2, 0.25) is 21.8 Å². The third-order valence-corrected chi connectivity index (χ3v) is 8.30. The Morgan fingerprint density at radius 2 is 1.83 bits per heavy atom. The first-order valence-electron chi connectivity index (χ1n) is 10.6. The molecule has 2 aliphatic heterocycles. The van der Waals surface area contributed by atoms with E-state index in [1.54, 1.807) is 42.1 Å². The fourth-order valence-electron chi connectivity index (χ4n) is 4.06. The smallest absolute Gasteiger partial charge is 0.245 e. The maximum absolute atomic E-state index is 13.0. The number of sulfonamides is 1. The summed E-state index contributed by atoms with van der Waals surface area (Å²) in [4.78, 5) is 27.9. The number of nitrogens with one attached hydrogen (secondary N) is 1. The van der Waals surface area contributed by atoms with Crippen LogP contribution < -0.4 is 5.32 Å². The molecule has 2 fully saturated rings. The topological polar surface area (TPSA) is 86.8 Å². The van der Waals surface area contributed by atoms with E-state index in [1.165, 1.54) is 4.31 Å². The molecule has 2 amide bonds. The van der Waals surface area contributed by atoms with Crippen LogP contribution in [0.1, 0.15) is 32.1 Å². The SMILES string of the molecule is CSCC[C@@H](NC(=O)[C@H]1CCCN(S(=O)(=O)c2ccccc2)C1)C(=O)N1CCCC1. The number of amides is 2. The Morgan fingerprint density at radius 1 is 1.13 bits per heavy atom. The van der Waals surface area contributed by atoms with Crippen LogP contribution in [-0.2, 0) is 19.6 Å². The predicted octanol–water partition coefficient (Wildman–Crippen LogP) is 1.95. The summed E-state index contributed by atoms with van der Waals surface area (Å²) in [6.45, 7) is 2.05. The minimum Gasteiger partial charge on any atom is -0.344 e. The average Bonchev–Trinajstić information content (AvgIpc) is 3.31. The summed E-state index contributed by atoms with van der Waals surface area (Å²) in [5.41, 5.74) is 0. The van der Waals surface area contributed by atoms with Crippen LogP contribution in [-0.4, -0.2) is 73.7 Å². The number of thioether (sulfide) groups is 1. The molecule has 0 spiro atoms. The maximum atomic E-state index is 13.0. The maximum Gasteiger partial charge on any atom is 0.245 e. The molecule has 0 saturated carbocycles. The lowest BCUT2D eigenvalue weighted by Crippen LogP contribution is -2.52. The van der Waals surface area contributed by atoms with Crippen LogP contribution in [0.5, 0.6) is 0 Å². The molecular weight excluding hydrogens is 422 g/mol. The van der Waals surface area contributed by atoms with Gasteiger partial charge in [0.15, 0.2) is 0 Å². The second-order valence-electron chi connectivity index (χ2n) is 7.89. The first kappa shape index (κ1) is 23.1. The van der Waals surface area contributed by atoms with Gasteiger partial charge in [-0.1, -0.05) is 18.2 Å². The van der Waals surface area contributed by atoms with Crippen molar-refractivity contribution in [1.29, 1.82) is 0 Å². The summed E-state index contributed by atoms with van der Waals surface area (Å²) in [6, 6.07) is 7.78. The van der Waals surface area contributed by atoms with Crippen molar-refractivity contribution in [3.8, 4) is 0 Å². The fraction of sp³-hybridized carbons (Fsp3) is 0.619. The number of piperidine rings is 1. The van der Waals surface area contributed by atoms with Crippen molar-refractivity contribution in [3.63, 3.8) is 0 Å². The van der Waals surface area contributed by atoms with Crippen LogP contribution in [0.4, 0.5) is 0 Å². The van der Waals surface area contributed by atoms with Gasteiger partial charge in [0, 0.05) is 26.2 Å². The molecule has 7 nitrogen and oxygen atoms in total. The zero-order valence-electron chi connectivity index (χ0n) is 17.5. The van der Waals surface area contributed by atoms with E-state index in [0.29, 0.717) is 25.8 Å². The zero-order valence-corrected chi connectivity index (χ0v) is 19.1. The molecule has 0 unspecified atom stereocenters. The van der Waals surface area contributed by atoms with Crippen LogP contribution in [0, 0.1) is 5.92 Å². The van der Waals surface area contributed by atoms with E-state index >= 15 is 0 Å². The number of carbonyl (C=O) groups excluding carboxylic acids is 2. The molecule has 0 radical (unpaired) electrons. The van der Waals surface area contributed by atoms with Crippen LogP contribution >= 0.6 is 11.8 Å². The summed E-state index contributed by atoms with van der Waals surface area (Å²) in [7, 11) is -3.63. The Balaban J connectivity index is 1.66. The minimum absolute atomic E-state index is 0.0144. The lowest BCUT2D eigenvalue weighted by Gasteiger charge is -2.32. The van der Waals surface area contributed by atoms with E-state index in [-0.39, 0.29) is 23.3 Å². The second kappa shape index (κ2) is 10.6. The molecule has 2 heterocycles. The van der Waals surface area contributed by atoms with Gasteiger partial charge in [-0.15, -0.1) is 0 Å². The van der Waals surface area contributed by atoms with Crippen molar-refractivity contribution in [2.24, 2.45) is 5.92 Å². The lowest BCUT2D eigenvalue weighted by molar-refractivity contribution is -0.137. The van der Waals surface area contributed by atoms with E-state index < -0.39 is 22.0 Å². The number of rotatable bonds is 8. The van der Waals surface area contributed by atoms with Gasteiger partial charge in [-0.3, -0.25) is 9.59 Å². The van der Waals surface area contributed by atoms with E-state index in [9.17, 15) is 18.0 Å². The summed E-state index contributed by atoms with van der Waals surface area (Å²) in [5.74, 6) is 0.102. The predicted molar refractivity (Wildman–Crippen MR) is 119 cm³/mol. The normalized spacial score (nSPS) is 21.4. The van der Waals surface area contributed by atoms with Crippen LogP contribution in [0.15, 0.2) is 35.2 Å². The van der Waals surface area contributed by atoms with Gasteiger partial charge in [0.25, 0.3) is 0 Å². The van der Waals surface area contributed by atoms with Crippen LogP contribution in [0.25, 0.3) is 0 Å². The summed E-state index contributed by atoms with van der Waals surface area (Å²) in [6.07, 6.45) is 5.82. The van der Waals surface area contributed by atoms with Gasteiger partial charge in [0.1, 0.15) is 6.04 Å². The molecule has 30 heavy (non-hydrogen) atoms. The van der Waals surface area contributed by atoms with Gasteiger partial charge in [-0.2, -0.15) is 16.1 Å². The minimum atomic E-state index is -3.63. The summed E-state index contributed by atoms with van der Waals surface area (Å²) in [5, 5.41) is 2.95. The molecule has 3 rings (SSSR count). The van der Waals surface area contributed by atoms with E-state index in [0.717, 1.165) is 31.7 Å². The quantitative estimate of drug-likeness (QED) is 0.650. The van der Waals surface area contributed by atoms with Gasteiger partial charge < -0.3 is 10.2 Å². The van der Waals surface area contributed by atoms with Gasteiger partial charge in [-0.25, -0.2) is 8.42 Å². The fourth-order valence-corrected chi connectivity index (χ4v) is 6.07. The first-order valence-corrected chi connectivity index (χ1v) is 13.4. The number of carbonyl (C=O) groups is 2. The number of likely N-dealkylation sites (tertiary alicyclic amines) is 1. The van der Waals surface area contributed by atoms with Crippen LogP contribution in [0.3, 0.4) is 0 Å². The number of nitrogens with zero attached hydrogens (tertiary/aromatic N) is 2. The Kier molecular flexibility index (Phi) is 8.19. The summed E-state index contributed by atoms with van der Waals surface area (Å²) >= 11 is 1.64. The molecule has 9 heteroatoms. The van der Waals surface area contributed by atoms with Gasteiger partial charge in [-0.05, 0) is 56.2 Å². The molecule has 1 aromatic carbocycles. The second-order valence-corrected chi connectivity index (χ2v) is 10.8. The molecule has 0 aromatic heterocycles. The number of benzene rings is 1. The Labute approximate surface area is 183 Å². The Morgan fingerprint density at radius 3 is 2.50 bits per heavy atom. The van der Waals surface area contributed by atoms with Crippen molar-refractivity contribution in [2.75, 3.05) is 38.2 Å². The summed E-state index contributed by atoms with van der Waals surface area (Å²) < 4.78 is 27.3. The van der Waals surface area contributed by atoms with Crippen molar-refractivity contribution in [1.82, 2.24) is 14.5 Å². The largest absolute Gasteiger partial charge is 0.344 e. The number of hydrogen-bond donors (Lipinski definition) is 1. The molecule has 1 N–H and O–H groups in total. The van der Waals surface area contributed by atoms with Gasteiger partial charge >= 0.3 is 0 Å². The molecule has 2 saturated heterocycles. The number of hydrogen-bond acceptors (Lipinski definition) is 5. The highest BCUT2D eigenvalue weighted by molar-refractivity contribution is 7.98. The third-order valence-electron chi connectivity index (χ3n) is 5.78. The van der Waals surface area contributed by atoms with E-state index in [2.05, 4.69) is 5.32 Å².